The van der Waals surface area contributed by atoms with E-state index in [1.165, 1.54) is 23.9 Å². The molecule has 0 aliphatic carbocycles. The third-order valence-corrected chi connectivity index (χ3v) is 5.59. The Kier molecular flexibility index (Phi) is 8.41. The second-order valence-corrected chi connectivity index (χ2v) is 7.83. The molecule has 1 aliphatic heterocycles. The summed E-state index contributed by atoms with van der Waals surface area (Å²) in [4.78, 5) is 27.8. The van der Waals surface area contributed by atoms with Gasteiger partial charge in [0.15, 0.2) is 0 Å². The molecule has 31 heavy (non-hydrogen) atoms. The lowest BCUT2D eigenvalue weighted by Crippen LogP contribution is -2.37. The van der Waals surface area contributed by atoms with Crippen LogP contribution in [0.15, 0.2) is 47.9 Å². The summed E-state index contributed by atoms with van der Waals surface area (Å²) in [6, 6.07) is 7.49. The summed E-state index contributed by atoms with van der Waals surface area (Å²) in [5, 5.41) is 7.16. The molecule has 2 heterocycles. The number of nitrogens with zero attached hydrogens (tertiary/aromatic N) is 3. The van der Waals surface area contributed by atoms with Gasteiger partial charge in [0, 0.05) is 17.7 Å². The molecule has 2 aromatic rings. The van der Waals surface area contributed by atoms with Crippen LogP contribution in [0, 0.1) is 0 Å². The van der Waals surface area contributed by atoms with Crippen LogP contribution in [0.4, 0.5) is 0 Å². The summed E-state index contributed by atoms with van der Waals surface area (Å²) in [5.41, 5.74) is 1.86. The van der Waals surface area contributed by atoms with E-state index in [0.29, 0.717) is 24.3 Å². The van der Waals surface area contributed by atoms with E-state index < -0.39 is 0 Å². The fourth-order valence-electron chi connectivity index (χ4n) is 3.93. The molecular formula is C24H32N4O3. The van der Waals surface area contributed by atoms with Gasteiger partial charge in [0.25, 0.3) is 5.56 Å². The van der Waals surface area contributed by atoms with Gasteiger partial charge in [-0.2, -0.15) is 5.10 Å². The number of allylic oxidation sites excluding steroid dienone is 1. The van der Waals surface area contributed by atoms with Crippen molar-refractivity contribution in [1.29, 1.82) is 0 Å². The highest BCUT2D eigenvalue weighted by Crippen LogP contribution is 2.25. The number of aromatic nitrogens is 2. The minimum Gasteiger partial charge on any atom is -0.497 e. The van der Waals surface area contributed by atoms with Crippen LogP contribution < -0.4 is 15.6 Å². The monoisotopic (exact) mass is 424 g/mol. The summed E-state index contributed by atoms with van der Waals surface area (Å²) < 4.78 is 6.51. The summed E-state index contributed by atoms with van der Waals surface area (Å²) in [6.45, 7) is 7.58. The molecule has 1 saturated heterocycles. The van der Waals surface area contributed by atoms with E-state index in [1.807, 2.05) is 24.3 Å². The normalized spacial score (nSPS) is 14.2. The number of piperidine rings is 1. The minimum atomic E-state index is -0.274. The lowest BCUT2D eigenvalue weighted by atomic mass is 10.0. The van der Waals surface area contributed by atoms with Crippen LogP contribution in [-0.4, -0.2) is 53.9 Å². The predicted molar refractivity (Wildman–Crippen MR) is 122 cm³/mol. The van der Waals surface area contributed by atoms with E-state index in [4.69, 9.17) is 4.74 Å². The number of rotatable bonds is 10. The maximum atomic E-state index is 13.0. The molecular weight excluding hydrogens is 392 g/mol. The van der Waals surface area contributed by atoms with Crippen molar-refractivity contribution in [1.82, 2.24) is 20.0 Å². The number of likely N-dealkylation sites (tertiary alicyclic amines) is 1. The molecule has 0 saturated carbocycles. The number of hydrogen-bond acceptors (Lipinski definition) is 5. The molecule has 0 unspecified atom stereocenters. The molecule has 1 fully saturated rings. The Morgan fingerprint density at radius 1 is 1.29 bits per heavy atom. The number of amides is 1. The van der Waals surface area contributed by atoms with E-state index in [0.717, 1.165) is 37.2 Å². The fourth-order valence-corrected chi connectivity index (χ4v) is 3.93. The Hall–Kier alpha value is -2.93. The van der Waals surface area contributed by atoms with Gasteiger partial charge in [0.1, 0.15) is 12.3 Å². The van der Waals surface area contributed by atoms with Crippen molar-refractivity contribution in [2.24, 2.45) is 0 Å². The van der Waals surface area contributed by atoms with Gasteiger partial charge in [-0.25, -0.2) is 4.68 Å². The van der Waals surface area contributed by atoms with Crippen LogP contribution in [0.3, 0.4) is 0 Å². The summed E-state index contributed by atoms with van der Waals surface area (Å²) >= 11 is 0. The van der Waals surface area contributed by atoms with Crippen molar-refractivity contribution in [2.75, 3.05) is 33.3 Å². The Morgan fingerprint density at radius 2 is 2.10 bits per heavy atom. The maximum absolute atomic E-state index is 13.0. The number of hydrogen-bond donors (Lipinski definition) is 1. The van der Waals surface area contributed by atoms with Crippen LogP contribution in [0.1, 0.15) is 31.2 Å². The molecule has 7 heteroatoms. The highest BCUT2D eigenvalue weighted by atomic mass is 16.5. The van der Waals surface area contributed by atoms with Crippen LogP contribution in [-0.2, 0) is 17.8 Å². The first-order chi connectivity index (χ1) is 15.1. The molecule has 1 aromatic heterocycles. The van der Waals surface area contributed by atoms with Crippen molar-refractivity contribution in [3.05, 3.63) is 59.0 Å². The van der Waals surface area contributed by atoms with Gasteiger partial charge in [0.05, 0.1) is 13.3 Å². The van der Waals surface area contributed by atoms with Crippen molar-refractivity contribution >= 4 is 5.91 Å². The van der Waals surface area contributed by atoms with Crippen LogP contribution in [0.5, 0.6) is 5.75 Å². The number of benzene rings is 1. The molecule has 0 atom stereocenters. The fraction of sp³-hybridized carbons (Fsp3) is 0.458. The van der Waals surface area contributed by atoms with Gasteiger partial charge in [-0.1, -0.05) is 24.6 Å². The summed E-state index contributed by atoms with van der Waals surface area (Å²) in [6.07, 6.45) is 8.47. The standard InChI is InChI=1S/C24H32N4O3/c1-3-9-21-22(19-10-7-11-20(16-19)31-2)17-26-28(24(21)30)18-23(29)25-12-8-15-27-13-5-4-6-14-27/h3,7,10-11,16-17H,1,4-6,8-9,12-15,18H2,2H3,(H,25,29). The second kappa shape index (κ2) is 11.5. The van der Waals surface area contributed by atoms with Gasteiger partial charge >= 0.3 is 0 Å². The first kappa shape index (κ1) is 22.7. The van der Waals surface area contributed by atoms with Gasteiger partial charge in [-0.15, -0.1) is 6.58 Å². The molecule has 3 rings (SSSR count). The Labute approximate surface area is 183 Å². The molecule has 166 valence electrons. The van der Waals surface area contributed by atoms with Crippen LogP contribution >= 0.6 is 0 Å². The molecule has 1 aromatic carbocycles. The number of carbonyl (C=O) groups is 1. The molecule has 0 bridgehead atoms. The second-order valence-electron chi connectivity index (χ2n) is 7.83. The van der Waals surface area contributed by atoms with E-state index >= 15 is 0 Å². The smallest absolute Gasteiger partial charge is 0.271 e. The van der Waals surface area contributed by atoms with E-state index in [-0.39, 0.29) is 18.0 Å². The first-order valence-electron chi connectivity index (χ1n) is 11.0. The third kappa shape index (κ3) is 6.28. The average Bonchev–Trinajstić information content (AvgIpc) is 2.80. The van der Waals surface area contributed by atoms with E-state index in [2.05, 4.69) is 21.9 Å². The topological polar surface area (TPSA) is 76.5 Å². The quantitative estimate of drug-likeness (QED) is 0.469. The zero-order chi connectivity index (χ0) is 22.1. The molecule has 1 N–H and O–H groups in total. The Bertz CT molecular complexity index is 948. The van der Waals surface area contributed by atoms with Crippen LogP contribution in [0.2, 0.25) is 0 Å². The molecule has 0 radical (unpaired) electrons. The summed E-state index contributed by atoms with van der Waals surface area (Å²) in [7, 11) is 1.60. The van der Waals surface area contributed by atoms with Crippen LogP contribution in [0.25, 0.3) is 11.1 Å². The maximum Gasteiger partial charge on any atom is 0.271 e. The zero-order valence-electron chi connectivity index (χ0n) is 18.3. The number of nitrogens with one attached hydrogen (secondary N) is 1. The van der Waals surface area contributed by atoms with Crippen molar-refractivity contribution in [2.45, 2.75) is 38.6 Å². The van der Waals surface area contributed by atoms with Gasteiger partial charge in [-0.05, 0) is 63.0 Å². The average molecular weight is 425 g/mol. The van der Waals surface area contributed by atoms with Gasteiger partial charge in [0.2, 0.25) is 5.91 Å². The number of carbonyl (C=O) groups excluding carboxylic acids is 1. The lowest BCUT2D eigenvalue weighted by Gasteiger charge is -2.26. The van der Waals surface area contributed by atoms with Crippen molar-refractivity contribution in [3.8, 4) is 16.9 Å². The highest BCUT2D eigenvalue weighted by Gasteiger charge is 2.15. The molecule has 7 nitrogen and oxygen atoms in total. The first-order valence-corrected chi connectivity index (χ1v) is 11.0. The molecule has 1 amide bonds. The largest absolute Gasteiger partial charge is 0.497 e. The number of methoxy groups -OCH3 is 1. The van der Waals surface area contributed by atoms with E-state index in [1.54, 1.807) is 19.4 Å². The zero-order valence-corrected chi connectivity index (χ0v) is 18.3. The Morgan fingerprint density at radius 3 is 2.84 bits per heavy atom. The predicted octanol–water partition coefficient (Wildman–Crippen LogP) is 2.64. The molecule has 1 aliphatic rings. The van der Waals surface area contributed by atoms with Crippen molar-refractivity contribution < 1.29 is 9.53 Å². The summed E-state index contributed by atoms with van der Waals surface area (Å²) in [5.74, 6) is 0.502. The SMILES string of the molecule is C=CCc1c(-c2cccc(OC)c2)cnn(CC(=O)NCCCN2CCCCC2)c1=O. The minimum absolute atomic E-state index is 0.0922. The number of ether oxygens (including phenoxy) is 1. The Balaban J connectivity index is 1.64. The van der Waals surface area contributed by atoms with Gasteiger partial charge in [-0.3, -0.25) is 9.59 Å². The van der Waals surface area contributed by atoms with E-state index in [9.17, 15) is 9.59 Å². The third-order valence-electron chi connectivity index (χ3n) is 5.59. The van der Waals surface area contributed by atoms with Gasteiger partial charge < -0.3 is 15.0 Å². The van der Waals surface area contributed by atoms with Crippen molar-refractivity contribution in [3.63, 3.8) is 0 Å². The highest BCUT2D eigenvalue weighted by molar-refractivity contribution is 5.75. The lowest BCUT2D eigenvalue weighted by molar-refractivity contribution is -0.121. The molecule has 0 spiro atoms.